The molecule has 0 N–H and O–H groups in total. The summed E-state index contributed by atoms with van der Waals surface area (Å²) in [5.74, 6) is 1.38. The predicted molar refractivity (Wildman–Crippen MR) is 135 cm³/mol. The van der Waals surface area contributed by atoms with Gasteiger partial charge in [-0.1, -0.05) is 135 Å². The standard InChI is InChI=1S/2C12H14.2C2H6.CH4/c1-9(2)12-7-10-5-3-4-6-11(10)8-12;1-9(2)11-8-7-10-5-3-4-6-12(10)11;2*1-2;/h2*3-7,9H,8H2,1-2H3;2*1-2H3;1H4. The third-order valence-corrected chi connectivity index (χ3v) is 5.08. The summed E-state index contributed by atoms with van der Waals surface area (Å²) in [7, 11) is 0. The third kappa shape index (κ3) is 7.35. The van der Waals surface area contributed by atoms with Gasteiger partial charge in [-0.2, -0.15) is 0 Å². The van der Waals surface area contributed by atoms with E-state index in [1.165, 1.54) is 21.6 Å². The van der Waals surface area contributed by atoms with Crippen LogP contribution in [0.25, 0.3) is 17.7 Å². The molecule has 0 radical (unpaired) electrons. The van der Waals surface area contributed by atoms with E-state index in [2.05, 4.69) is 88.4 Å². The SMILES string of the molecule is C.CC.CC.CC(C)C1=Cc2ccccc2C1.CC(C)C1=c2ccccc2=CC1. The molecule has 0 spiro atoms. The largest absolute Gasteiger partial charge is 0.0776 e. The molecule has 0 heterocycles. The van der Waals surface area contributed by atoms with Crippen LogP contribution in [-0.2, 0) is 6.42 Å². The van der Waals surface area contributed by atoms with Crippen molar-refractivity contribution in [2.75, 3.05) is 0 Å². The molecule has 2 aliphatic rings. The fourth-order valence-electron chi connectivity index (χ4n) is 3.52. The molecule has 29 heavy (non-hydrogen) atoms. The molecular weight excluding hydrogens is 348 g/mol. The van der Waals surface area contributed by atoms with E-state index in [0.717, 1.165) is 12.8 Å². The molecule has 0 nitrogen and oxygen atoms in total. The van der Waals surface area contributed by atoms with E-state index in [4.69, 9.17) is 0 Å². The van der Waals surface area contributed by atoms with Gasteiger partial charge in [0.2, 0.25) is 0 Å². The summed E-state index contributed by atoms with van der Waals surface area (Å²) < 4.78 is 0. The fourth-order valence-corrected chi connectivity index (χ4v) is 3.52. The predicted octanol–water partition coefficient (Wildman–Crippen LogP) is 7.65. The zero-order valence-electron chi connectivity index (χ0n) is 19.3. The van der Waals surface area contributed by atoms with Gasteiger partial charge in [-0.15, -0.1) is 0 Å². The monoisotopic (exact) mass is 392 g/mol. The molecule has 0 fully saturated rings. The van der Waals surface area contributed by atoms with Gasteiger partial charge in [0.05, 0.1) is 0 Å². The first-order valence-corrected chi connectivity index (χ1v) is 11.1. The normalized spacial score (nSPS) is 12.6. The number of benzene rings is 2. The van der Waals surface area contributed by atoms with Crippen LogP contribution in [-0.4, -0.2) is 0 Å². The Morgan fingerprint density at radius 3 is 1.90 bits per heavy atom. The van der Waals surface area contributed by atoms with Crippen molar-refractivity contribution in [1.29, 1.82) is 0 Å². The third-order valence-electron chi connectivity index (χ3n) is 5.08. The van der Waals surface area contributed by atoms with Crippen LogP contribution in [0.3, 0.4) is 0 Å². The van der Waals surface area contributed by atoms with Gasteiger partial charge in [-0.25, -0.2) is 0 Å². The van der Waals surface area contributed by atoms with Crippen LogP contribution < -0.4 is 10.4 Å². The maximum absolute atomic E-state index is 2.33. The highest BCUT2D eigenvalue weighted by molar-refractivity contribution is 5.63. The van der Waals surface area contributed by atoms with E-state index in [-0.39, 0.29) is 7.43 Å². The molecule has 0 saturated carbocycles. The van der Waals surface area contributed by atoms with Crippen molar-refractivity contribution >= 4 is 17.7 Å². The van der Waals surface area contributed by atoms with Crippen LogP contribution >= 0.6 is 0 Å². The smallest absolute Gasteiger partial charge is 0.00553 e. The molecule has 0 bridgehead atoms. The first kappa shape index (κ1) is 26.9. The van der Waals surface area contributed by atoms with E-state index >= 15 is 0 Å². The second-order valence-electron chi connectivity index (χ2n) is 7.42. The maximum atomic E-state index is 2.33. The highest BCUT2D eigenvalue weighted by atomic mass is 14.2. The van der Waals surface area contributed by atoms with Crippen molar-refractivity contribution in [3.63, 3.8) is 0 Å². The summed E-state index contributed by atoms with van der Waals surface area (Å²) in [5.41, 5.74) is 6.06. The van der Waals surface area contributed by atoms with Crippen molar-refractivity contribution < 1.29 is 0 Å². The summed E-state index contributed by atoms with van der Waals surface area (Å²) in [6.07, 6.45) is 6.97. The lowest BCUT2D eigenvalue weighted by Gasteiger charge is -2.04. The molecule has 0 unspecified atom stereocenters. The van der Waals surface area contributed by atoms with E-state index in [1.54, 1.807) is 11.1 Å². The Bertz CT molecular complexity index is 863. The van der Waals surface area contributed by atoms with Crippen LogP contribution in [0.1, 0.15) is 80.4 Å². The molecule has 0 aromatic heterocycles. The second-order valence-corrected chi connectivity index (χ2v) is 7.42. The first-order chi connectivity index (χ1) is 13.6. The van der Waals surface area contributed by atoms with Gasteiger partial charge in [0.15, 0.2) is 0 Å². The van der Waals surface area contributed by atoms with Gasteiger partial charge < -0.3 is 0 Å². The van der Waals surface area contributed by atoms with Crippen LogP contribution in [0.2, 0.25) is 0 Å². The van der Waals surface area contributed by atoms with Crippen molar-refractivity contribution in [1.82, 2.24) is 0 Å². The minimum absolute atomic E-state index is 0. The van der Waals surface area contributed by atoms with E-state index < -0.39 is 0 Å². The van der Waals surface area contributed by atoms with Gasteiger partial charge in [0.1, 0.15) is 0 Å². The van der Waals surface area contributed by atoms with Crippen LogP contribution in [0.15, 0.2) is 54.1 Å². The molecule has 0 aliphatic heterocycles. The van der Waals surface area contributed by atoms with E-state index in [9.17, 15) is 0 Å². The lowest BCUT2D eigenvalue weighted by atomic mass is 10.0. The van der Waals surface area contributed by atoms with E-state index in [0.29, 0.717) is 11.8 Å². The molecule has 2 aliphatic carbocycles. The minimum atomic E-state index is 0. The van der Waals surface area contributed by atoms with E-state index in [1.807, 2.05) is 27.7 Å². The second kappa shape index (κ2) is 14.0. The number of allylic oxidation sites excluding steroid dienone is 1. The summed E-state index contributed by atoms with van der Waals surface area (Å²) >= 11 is 0. The van der Waals surface area contributed by atoms with Crippen molar-refractivity contribution in [3.8, 4) is 0 Å². The average molecular weight is 393 g/mol. The minimum Gasteiger partial charge on any atom is -0.0776 e. The quantitative estimate of drug-likeness (QED) is 0.492. The first-order valence-electron chi connectivity index (χ1n) is 11.1. The van der Waals surface area contributed by atoms with Gasteiger partial charge in [0, 0.05) is 0 Å². The molecule has 0 atom stereocenters. The number of fused-ring (bicyclic) bond motifs is 2. The maximum Gasteiger partial charge on any atom is -0.00553 e. The molecule has 4 rings (SSSR count). The molecular formula is C29H44. The number of hydrogen-bond donors (Lipinski definition) is 0. The zero-order chi connectivity index (χ0) is 21.1. The molecule has 0 saturated heterocycles. The Labute approximate surface area is 181 Å². The van der Waals surface area contributed by atoms with Gasteiger partial charge in [0.25, 0.3) is 0 Å². The fraction of sp³-hybridized carbons (Fsp3) is 0.448. The molecule has 2 aromatic carbocycles. The average Bonchev–Trinajstić information content (AvgIpc) is 3.36. The Kier molecular flexibility index (Phi) is 13.0. The number of rotatable bonds is 2. The van der Waals surface area contributed by atoms with Gasteiger partial charge in [-0.05, 0) is 46.2 Å². The van der Waals surface area contributed by atoms with Crippen molar-refractivity contribution in [2.24, 2.45) is 11.8 Å². The Morgan fingerprint density at radius 2 is 1.31 bits per heavy atom. The highest BCUT2D eigenvalue weighted by Crippen LogP contribution is 2.28. The summed E-state index contributed by atoms with van der Waals surface area (Å²) in [6.45, 7) is 17.1. The Balaban J connectivity index is 0.000000449. The molecule has 160 valence electrons. The Hall–Kier alpha value is -2.08. The van der Waals surface area contributed by atoms with Gasteiger partial charge in [-0.3, -0.25) is 0 Å². The highest BCUT2D eigenvalue weighted by Gasteiger charge is 2.13. The summed E-state index contributed by atoms with van der Waals surface area (Å²) in [4.78, 5) is 0. The number of hydrogen-bond acceptors (Lipinski definition) is 0. The summed E-state index contributed by atoms with van der Waals surface area (Å²) in [6, 6.07) is 17.3. The van der Waals surface area contributed by atoms with Crippen molar-refractivity contribution in [2.45, 2.75) is 75.7 Å². The zero-order valence-corrected chi connectivity index (χ0v) is 19.3. The van der Waals surface area contributed by atoms with Crippen molar-refractivity contribution in [3.05, 3.63) is 75.7 Å². The van der Waals surface area contributed by atoms with Crippen LogP contribution in [0.5, 0.6) is 0 Å². The lowest BCUT2D eigenvalue weighted by molar-refractivity contribution is 0.754. The van der Waals surface area contributed by atoms with Crippen LogP contribution in [0.4, 0.5) is 0 Å². The molecule has 2 aromatic rings. The topological polar surface area (TPSA) is 0 Å². The molecule has 0 amide bonds. The van der Waals surface area contributed by atoms with Crippen LogP contribution in [0, 0.1) is 11.8 Å². The Morgan fingerprint density at radius 1 is 0.724 bits per heavy atom. The lowest BCUT2D eigenvalue weighted by Crippen LogP contribution is -2.22. The molecule has 0 heteroatoms. The van der Waals surface area contributed by atoms with Gasteiger partial charge >= 0.3 is 0 Å². The summed E-state index contributed by atoms with van der Waals surface area (Å²) in [5, 5.41) is 2.88.